The number of benzene rings is 1. The van der Waals surface area contributed by atoms with Gasteiger partial charge in [-0.2, -0.15) is 5.10 Å². The van der Waals surface area contributed by atoms with Crippen LogP contribution in [-0.2, 0) is 22.4 Å². The Morgan fingerprint density at radius 1 is 1.23 bits per heavy atom. The summed E-state index contributed by atoms with van der Waals surface area (Å²) in [6, 6.07) is 10.3. The van der Waals surface area contributed by atoms with Gasteiger partial charge in [0.05, 0.1) is 12.1 Å². The highest BCUT2D eigenvalue weighted by atomic mass is 16.2. The number of amides is 2. The lowest BCUT2D eigenvalue weighted by Gasteiger charge is -2.32. The number of rotatable bonds is 8. The minimum absolute atomic E-state index is 0.0501. The van der Waals surface area contributed by atoms with Crippen LogP contribution >= 0.6 is 0 Å². The maximum absolute atomic E-state index is 12.4. The van der Waals surface area contributed by atoms with Crippen LogP contribution in [0.1, 0.15) is 30.4 Å². The van der Waals surface area contributed by atoms with Crippen LogP contribution in [0, 0.1) is 5.92 Å². The normalized spacial score (nSPS) is 17.3. The molecule has 0 saturated carbocycles. The maximum Gasteiger partial charge on any atom is 0.224 e. The van der Waals surface area contributed by atoms with E-state index in [1.807, 2.05) is 29.3 Å². The molecule has 6 heteroatoms. The zero-order valence-electron chi connectivity index (χ0n) is 15.0. The van der Waals surface area contributed by atoms with Gasteiger partial charge in [-0.3, -0.25) is 14.7 Å². The van der Waals surface area contributed by atoms with Crippen molar-refractivity contribution in [2.24, 2.45) is 5.92 Å². The van der Waals surface area contributed by atoms with Crippen LogP contribution in [-0.4, -0.2) is 46.5 Å². The predicted molar refractivity (Wildman–Crippen MR) is 99.4 cm³/mol. The highest BCUT2D eigenvalue weighted by Gasteiger charge is 2.29. The van der Waals surface area contributed by atoms with Gasteiger partial charge in [-0.1, -0.05) is 30.3 Å². The molecule has 1 aliphatic rings. The molecule has 1 aromatic carbocycles. The van der Waals surface area contributed by atoms with Crippen LogP contribution in [0.15, 0.2) is 42.7 Å². The van der Waals surface area contributed by atoms with Gasteiger partial charge < -0.3 is 10.2 Å². The fourth-order valence-electron chi connectivity index (χ4n) is 3.35. The molecule has 0 bridgehead atoms. The number of nitrogens with one attached hydrogen (secondary N) is 2. The summed E-state index contributed by atoms with van der Waals surface area (Å²) in [5.74, 6) is 0.114. The average molecular weight is 354 g/mol. The van der Waals surface area contributed by atoms with E-state index >= 15 is 0 Å². The van der Waals surface area contributed by atoms with E-state index in [4.69, 9.17) is 0 Å². The van der Waals surface area contributed by atoms with E-state index in [2.05, 4.69) is 27.6 Å². The third kappa shape index (κ3) is 5.18. The smallest absolute Gasteiger partial charge is 0.224 e. The van der Waals surface area contributed by atoms with Crippen LogP contribution in [0.5, 0.6) is 0 Å². The molecule has 6 nitrogen and oxygen atoms in total. The fraction of sp³-hybridized carbons (Fsp3) is 0.450. The Morgan fingerprint density at radius 3 is 2.85 bits per heavy atom. The molecule has 2 aromatic rings. The number of piperidine rings is 1. The van der Waals surface area contributed by atoms with Crippen molar-refractivity contribution >= 4 is 11.8 Å². The van der Waals surface area contributed by atoms with E-state index in [1.165, 1.54) is 5.56 Å². The summed E-state index contributed by atoms with van der Waals surface area (Å²) in [4.78, 5) is 26.4. The molecule has 3 rings (SSSR count). The topological polar surface area (TPSA) is 78.1 Å². The van der Waals surface area contributed by atoms with Gasteiger partial charge in [-0.05, 0) is 36.8 Å². The largest absolute Gasteiger partial charge is 0.355 e. The van der Waals surface area contributed by atoms with E-state index in [0.717, 1.165) is 24.8 Å². The Labute approximate surface area is 154 Å². The van der Waals surface area contributed by atoms with Gasteiger partial charge in [0.1, 0.15) is 0 Å². The van der Waals surface area contributed by atoms with Gasteiger partial charge >= 0.3 is 0 Å². The standard InChI is InChI=1S/C20H26N4O2/c25-19-9-8-18(20(26)21-11-10-17-13-22-23-14-17)15-24(19)12-4-7-16-5-2-1-3-6-16/h1-3,5-6,13-14,18H,4,7-12,15H2,(H,21,26)(H,22,23). The number of aromatic amines is 1. The lowest BCUT2D eigenvalue weighted by atomic mass is 9.96. The Balaban J connectivity index is 1.41. The molecule has 1 aromatic heterocycles. The van der Waals surface area contributed by atoms with Gasteiger partial charge in [0, 0.05) is 32.3 Å². The Bertz CT molecular complexity index is 700. The highest BCUT2D eigenvalue weighted by Crippen LogP contribution is 2.18. The molecule has 26 heavy (non-hydrogen) atoms. The summed E-state index contributed by atoms with van der Waals surface area (Å²) in [5.41, 5.74) is 2.36. The number of hydrogen-bond donors (Lipinski definition) is 2. The maximum atomic E-state index is 12.4. The van der Waals surface area contributed by atoms with E-state index in [-0.39, 0.29) is 17.7 Å². The molecule has 1 atom stereocenters. The Morgan fingerprint density at radius 2 is 2.08 bits per heavy atom. The summed E-state index contributed by atoms with van der Waals surface area (Å²) in [5, 5.41) is 9.65. The molecule has 1 unspecified atom stereocenters. The molecule has 138 valence electrons. The van der Waals surface area contributed by atoms with Gasteiger partial charge in [0.15, 0.2) is 0 Å². The van der Waals surface area contributed by atoms with E-state index in [0.29, 0.717) is 32.5 Å². The van der Waals surface area contributed by atoms with Crippen molar-refractivity contribution < 1.29 is 9.59 Å². The van der Waals surface area contributed by atoms with Crippen molar-refractivity contribution in [3.63, 3.8) is 0 Å². The molecule has 0 spiro atoms. The summed E-state index contributed by atoms with van der Waals surface area (Å²) < 4.78 is 0. The second kappa shape index (κ2) is 9.17. The lowest BCUT2D eigenvalue weighted by molar-refractivity contribution is -0.138. The first-order chi connectivity index (χ1) is 12.7. The van der Waals surface area contributed by atoms with Crippen LogP contribution in [0.25, 0.3) is 0 Å². The summed E-state index contributed by atoms with van der Waals surface area (Å²) in [6.07, 6.45) is 7.34. The molecule has 0 radical (unpaired) electrons. The van der Waals surface area contributed by atoms with Crippen LogP contribution < -0.4 is 5.32 Å². The molecule has 2 heterocycles. The van der Waals surface area contributed by atoms with Gasteiger partial charge in [0.2, 0.25) is 11.8 Å². The van der Waals surface area contributed by atoms with Crippen molar-refractivity contribution in [1.29, 1.82) is 0 Å². The van der Waals surface area contributed by atoms with Crippen molar-refractivity contribution in [3.8, 4) is 0 Å². The third-order valence-electron chi connectivity index (χ3n) is 4.88. The minimum atomic E-state index is -0.103. The Kier molecular flexibility index (Phi) is 6.41. The molecule has 2 N–H and O–H groups in total. The number of hydrogen-bond acceptors (Lipinski definition) is 3. The van der Waals surface area contributed by atoms with Crippen molar-refractivity contribution in [2.45, 2.75) is 32.1 Å². The molecular formula is C20H26N4O2. The fourth-order valence-corrected chi connectivity index (χ4v) is 3.35. The van der Waals surface area contributed by atoms with Gasteiger partial charge in [0.25, 0.3) is 0 Å². The summed E-state index contributed by atoms with van der Waals surface area (Å²) in [6.45, 7) is 1.84. The number of aryl methyl sites for hydroxylation is 1. The first-order valence-electron chi connectivity index (χ1n) is 9.29. The first kappa shape index (κ1) is 18.2. The van der Waals surface area contributed by atoms with Gasteiger partial charge in [-0.25, -0.2) is 0 Å². The number of carbonyl (C=O) groups is 2. The van der Waals surface area contributed by atoms with Crippen molar-refractivity contribution in [1.82, 2.24) is 20.4 Å². The Hall–Kier alpha value is -2.63. The lowest BCUT2D eigenvalue weighted by Crippen LogP contribution is -2.46. The average Bonchev–Trinajstić information content (AvgIpc) is 3.17. The number of nitrogens with zero attached hydrogens (tertiary/aromatic N) is 2. The summed E-state index contributed by atoms with van der Waals surface area (Å²) in [7, 11) is 0. The third-order valence-corrected chi connectivity index (χ3v) is 4.88. The van der Waals surface area contributed by atoms with Gasteiger partial charge in [-0.15, -0.1) is 0 Å². The molecule has 2 amide bonds. The number of aromatic nitrogens is 2. The predicted octanol–water partition coefficient (Wildman–Crippen LogP) is 1.94. The summed E-state index contributed by atoms with van der Waals surface area (Å²) >= 11 is 0. The second-order valence-corrected chi connectivity index (χ2v) is 6.81. The highest BCUT2D eigenvalue weighted by molar-refractivity contribution is 5.83. The molecule has 0 aliphatic carbocycles. The number of H-pyrrole nitrogens is 1. The van der Waals surface area contributed by atoms with Crippen LogP contribution in [0.3, 0.4) is 0 Å². The van der Waals surface area contributed by atoms with E-state index < -0.39 is 0 Å². The SMILES string of the molecule is O=C(NCCc1cn[nH]c1)C1CCC(=O)N(CCCc2ccccc2)C1. The quantitative estimate of drug-likeness (QED) is 0.760. The molecule has 1 aliphatic heterocycles. The zero-order chi connectivity index (χ0) is 18.2. The minimum Gasteiger partial charge on any atom is -0.355 e. The first-order valence-corrected chi connectivity index (χ1v) is 9.29. The molecule has 1 fully saturated rings. The van der Waals surface area contributed by atoms with Crippen LogP contribution in [0.2, 0.25) is 0 Å². The number of carbonyl (C=O) groups excluding carboxylic acids is 2. The molecule has 1 saturated heterocycles. The monoisotopic (exact) mass is 354 g/mol. The number of likely N-dealkylation sites (tertiary alicyclic amines) is 1. The second-order valence-electron chi connectivity index (χ2n) is 6.81. The van der Waals surface area contributed by atoms with E-state index in [1.54, 1.807) is 6.20 Å². The van der Waals surface area contributed by atoms with E-state index in [9.17, 15) is 9.59 Å². The molecular weight excluding hydrogens is 328 g/mol. The van der Waals surface area contributed by atoms with Crippen molar-refractivity contribution in [3.05, 3.63) is 53.9 Å². The van der Waals surface area contributed by atoms with Crippen LogP contribution in [0.4, 0.5) is 0 Å². The van der Waals surface area contributed by atoms with Crippen molar-refractivity contribution in [2.75, 3.05) is 19.6 Å². The zero-order valence-corrected chi connectivity index (χ0v) is 15.0.